The van der Waals surface area contributed by atoms with Gasteiger partial charge >= 0.3 is 0 Å². The molecular formula is C12H15N3S. The van der Waals surface area contributed by atoms with Crippen LogP contribution in [0.2, 0.25) is 0 Å². The van der Waals surface area contributed by atoms with E-state index in [0.717, 1.165) is 12.1 Å². The first-order chi connectivity index (χ1) is 7.83. The van der Waals surface area contributed by atoms with Crippen molar-refractivity contribution in [3.05, 3.63) is 46.2 Å². The first-order valence-corrected chi connectivity index (χ1v) is 6.23. The summed E-state index contributed by atoms with van der Waals surface area (Å²) in [5, 5.41) is 5.60. The molecular weight excluding hydrogens is 218 g/mol. The molecule has 2 aromatic heterocycles. The van der Waals surface area contributed by atoms with Crippen LogP contribution in [0.25, 0.3) is 0 Å². The normalized spacial score (nSPS) is 12.6. The maximum Gasteiger partial charge on any atom is 0.115 e. The van der Waals surface area contributed by atoms with Crippen LogP contribution in [-0.2, 0) is 0 Å². The lowest BCUT2D eigenvalue weighted by molar-refractivity contribution is 0.632. The lowest BCUT2D eigenvalue weighted by Crippen LogP contribution is -2.22. The molecule has 4 heteroatoms. The number of thiophene rings is 1. The summed E-state index contributed by atoms with van der Waals surface area (Å²) in [6, 6.07) is 2.36. The number of aryl methyl sites for hydroxylation is 1. The van der Waals surface area contributed by atoms with Crippen LogP contribution in [-0.4, -0.2) is 16.5 Å². The molecule has 1 unspecified atom stereocenters. The van der Waals surface area contributed by atoms with E-state index < -0.39 is 0 Å². The van der Waals surface area contributed by atoms with Crippen LogP contribution in [0.15, 0.2) is 30.2 Å². The molecule has 84 valence electrons. The highest BCUT2D eigenvalue weighted by Crippen LogP contribution is 2.28. The van der Waals surface area contributed by atoms with Gasteiger partial charge in [-0.25, -0.2) is 9.97 Å². The van der Waals surface area contributed by atoms with E-state index in [1.807, 2.05) is 12.4 Å². The van der Waals surface area contributed by atoms with Crippen molar-refractivity contribution in [3.8, 4) is 0 Å². The van der Waals surface area contributed by atoms with Crippen LogP contribution in [0, 0.1) is 6.92 Å². The largest absolute Gasteiger partial charge is 0.306 e. The molecule has 0 fully saturated rings. The molecule has 16 heavy (non-hydrogen) atoms. The molecule has 0 spiro atoms. The molecule has 0 saturated carbocycles. The number of rotatable bonds is 4. The number of nitrogens with one attached hydrogen (secondary N) is 1. The van der Waals surface area contributed by atoms with Crippen LogP contribution < -0.4 is 5.32 Å². The van der Waals surface area contributed by atoms with Gasteiger partial charge in [0.05, 0.1) is 6.04 Å². The summed E-state index contributed by atoms with van der Waals surface area (Å²) in [6.45, 7) is 5.18. The van der Waals surface area contributed by atoms with Crippen molar-refractivity contribution < 1.29 is 0 Å². The van der Waals surface area contributed by atoms with Crippen LogP contribution in [0.1, 0.15) is 29.0 Å². The fourth-order valence-electron chi connectivity index (χ4n) is 1.71. The van der Waals surface area contributed by atoms with Gasteiger partial charge in [0.15, 0.2) is 0 Å². The SMILES string of the molecule is CCNC(c1cncnc1)c1sccc1C. The van der Waals surface area contributed by atoms with Crippen LogP contribution in [0.5, 0.6) is 0 Å². The molecule has 1 N–H and O–H groups in total. The zero-order valence-electron chi connectivity index (χ0n) is 9.47. The first kappa shape index (κ1) is 11.2. The number of hydrogen-bond donors (Lipinski definition) is 1. The molecule has 0 aliphatic rings. The van der Waals surface area contributed by atoms with Crippen molar-refractivity contribution in [1.29, 1.82) is 0 Å². The predicted molar refractivity (Wildman–Crippen MR) is 66.6 cm³/mol. The highest BCUT2D eigenvalue weighted by Gasteiger charge is 2.16. The number of nitrogens with zero attached hydrogens (tertiary/aromatic N) is 2. The predicted octanol–water partition coefficient (Wildman–Crippen LogP) is 2.55. The molecule has 0 aliphatic heterocycles. The number of aromatic nitrogens is 2. The molecule has 0 radical (unpaired) electrons. The molecule has 0 aromatic carbocycles. The minimum Gasteiger partial charge on any atom is -0.306 e. The Morgan fingerprint density at radius 1 is 1.38 bits per heavy atom. The van der Waals surface area contributed by atoms with Gasteiger partial charge in [0, 0.05) is 22.8 Å². The lowest BCUT2D eigenvalue weighted by atomic mass is 10.1. The maximum absolute atomic E-state index is 4.08. The summed E-state index contributed by atoms with van der Waals surface area (Å²) < 4.78 is 0. The quantitative estimate of drug-likeness (QED) is 0.882. The Hall–Kier alpha value is -1.26. The Bertz CT molecular complexity index is 439. The van der Waals surface area contributed by atoms with Gasteiger partial charge in [0.2, 0.25) is 0 Å². The van der Waals surface area contributed by atoms with E-state index in [0.29, 0.717) is 0 Å². The highest BCUT2D eigenvalue weighted by molar-refractivity contribution is 7.10. The van der Waals surface area contributed by atoms with Gasteiger partial charge in [0.1, 0.15) is 6.33 Å². The van der Waals surface area contributed by atoms with Crippen molar-refractivity contribution in [2.45, 2.75) is 19.9 Å². The Labute approximate surface area is 99.6 Å². The van der Waals surface area contributed by atoms with Crippen molar-refractivity contribution >= 4 is 11.3 Å². The zero-order valence-corrected chi connectivity index (χ0v) is 10.3. The van der Waals surface area contributed by atoms with Gasteiger partial charge in [-0.05, 0) is 30.5 Å². The first-order valence-electron chi connectivity index (χ1n) is 5.35. The summed E-state index contributed by atoms with van der Waals surface area (Å²) in [5.41, 5.74) is 2.44. The molecule has 1 atom stereocenters. The summed E-state index contributed by atoms with van der Waals surface area (Å²) in [5.74, 6) is 0. The second kappa shape index (κ2) is 5.18. The minimum absolute atomic E-state index is 0.214. The summed E-state index contributed by atoms with van der Waals surface area (Å²) >= 11 is 1.77. The second-order valence-electron chi connectivity index (χ2n) is 3.63. The van der Waals surface area contributed by atoms with Gasteiger partial charge in [-0.3, -0.25) is 0 Å². The Balaban J connectivity index is 2.35. The molecule has 0 bridgehead atoms. The van der Waals surface area contributed by atoms with Crippen molar-refractivity contribution in [3.63, 3.8) is 0 Å². The maximum atomic E-state index is 4.08. The van der Waals surface area contributed by atoms with Gasteiger partial charge in [-0.2, -0.15) is 0 Å². The smallest absolute Gasteiger partial charge is 0.115 e. The van der Waals surface area contributed by atoms with Crippen LogP contribution >= 0.6 is 11.3 Å². The molecule has 3 nitrogen and oxygen atoms in total. The fourth-order valence-corrected chi connectivity index (χ4v) is 2.73. The summed E-state index contributed by atoms with van der Waals surface area (Å²) in [7, 11) is 0. The van der Waals surface area contributed by atoms with Crippen molar-refractivity contribution in [2.24, 2.45) is 0 Å². The van der Waals surface area contributed by atoms with Crippen LogP contribution in [0.3, 0.4) is 0 Å². The van der Waals surface area contributed by atoms with E-state index in [9.17, 15) is 0 Å². The molecule has 2 rings (SSSR count). The summed E-state index contributed by atoms with van der Waals surface area (Å²) in [6.07, 6.45) is 5.31. The Morgan fingerprint density at radius 2 is 2.12 bits per heavy atom. The summed E-state index contributed by atoms with van der Waals surface area (Å²) in [4.78, 5) is 9.51. The van der Waals surface area contributed by atoms with E-state index in [4.69, 9.17) is 0 Å². The van der Waals surface area contributed by atoms with E-state index in [1.54, 1.807) is 17.7 Å². The lowest BCUT2D eigenvalue weighted by Gasteiger charge is -2.17. The fraction of sp³-hybridized carbons (Fsp3) is 0.333. The average Bonchev–Trinajstić information content (AvgIpc) is 2.73. The monoisotopic (exact) mass is 233 g/mol. The zero-order chi connectivity index (χ0) is 11.4. The Kier molecular flexibility index (Phi) is 3.64. The van der Waals surface area contributed by atoms with E-state index in [-0.39, 0.29) is 6.04 Å². The molecule has 2 aromatic rings. The van der Waals surface area contributed by atoms with Gasteiger partial charge in [-0.15, -0.1) is 11.3 Å². The van der Waals surface area contributed by atoms with Crippen LogP contribution in [0.4, 0.5) is 0 Å². The van der Waals surface area contributed by atoms with Crippen molar-refractivity contribution in [1.82, 2.24) is 15.3 Å². The average molecular weight is 233 g/mol. The molecule has 2 heterocycles. The van der Waals surface area contributed by atoms with Crippen molar-refractivity contribution in [2.75, 3.05) is 6.54 Å². The van der Waals surface area contributed by atoms with E-state index in [2.05, 4.69) is 40.6 Å². The van der Waals surface area contributed by atoms with Gasteiger partial charge < -0.3 is 5.32 Å². The third-order valence-electron chi connectivity index (χ3n) is 2.49. The van der Waals surface area contributed by atoms with E-state index >= 15 is 0 Å². The second-order valence-corrected chi connectivity index (χ2v) is 4.58. The molecule has 0 aliphatic carbocycles. The number of hydrogen-bond acceptors (Lipinski definition) is 4. The Morgan fingerprint density at radius 3 is 2.69 bits per heavy atom. The highest BCUT2D eigenvalue weighted by atomic mass is 32.1. The van der Waals surface area contributed by atoms with E-state index in [1.165, 1.54) is 10.4 Å². The van der Waals surface area contributed by atoms with Gasteiger partial charge in [-0.1, -0.05) is 6.92 Å². The third kappa shape index (κ3) is 2.28. The minimum atomic E-state index is 0.214. The molecule has 0 amide bonds. The topological polar surface area (TPSA) is 37.8 Å². The molecule has 0 saturated heterocycles. The standard InChI is InChI=1S/C12H15N3S/c1-3-15-11(10-6-13-8-14-7-10)12-9(2)4-5-16-12/h4-8,11,15H,3H2,1-2H3. The third-order valence-corrected chi connectivity index (χ3v) is 3.57. The van der Waals surface area contributed by atoms with Gasteiger partial charge in [0.25, 0.3) is 0 Å².